The number of hydrogen-bond acceptors (Lipinski definition) is 1. The Kier molecular flexibility index (Phi) is 1.81. The van der Waals surface area contributed by atoms with Gasteiger partial charge in [0.2, 0.25) is 5.91 Å². The van der Waals surface area contributed by atoms with Gasteiger partial charge in [0.15, 0.2) is 0 Å². The third kappa shape index (κ3) is 1.27. The van der Waals surface area contributed by atoms with Gasteiger partial charge in [-0.1, -0.05) is 13.8 Å². The minimum atomic E-state index is -0.00213. The van der Waals surface area contributed by atoms with E-state index in [1.165, 1.54) is 19.3 Å². The monoisotopic (exact) mass is 195 g/mol. The molecule has 1 N–H and O–H groups in total. The van der Waals surface area contributed by atoms with Crippen LogP contribution in [-0.2, 0) is 4.79 Å². The van der Waals surface area contributed by atoms with E-state index < -0.39 is 0 Å². The van der Waals surface area contributed by atoms with Crippen molar-refractivity contribution < 1.29 is 4.79 Å². The summed E-state index contributed by atoms with van der Waals surface area (Å²) >= 11 is 0. The van der Waals surface area contributed by atoms with Crippen molar-refractivity contribution in [1.82, 2.24) is 5.32 Å². The molecule has 2 fully saturated rings. The van der Waals surface area contributed by atoms with Crippen LogP contribution in [-0.4, -0.2) is 11.4 Å². The fourth-order valence-electron chi connectivity index (χ4n) is 3.41. The molecule has 1 heterocycles. The Balaban J connectivity index is 2.29. The number of carbonyl (C=O) groups is 1. The molecular weight excluding hydrogens is 174 g/mol. The van der Waals surface area contributed by atoms with Crippen LogP contribution in [0, 0.1) is 10.8 Å². The molecule has 2 heteroatoms. The van der Waals surface area contributed by atoms with Crippen molar-refractivity contribution in [2.24, 2.45) is 10.8 Å². The van der Waals surface area contributed by atoms with E-state index in [-0.39, 0.29) is 16.9 Å². The average Bonchev–Trinajstić information content (AvgIpc) is 2.35. The lowest BCUT2D eigenvalue weighted by Gasteiger charge is -2.38. The summed E-state index contributed by atoms with van der Waals surface area (Å²) in [6.07, 6.45) is 4.38. The first kappa shape index (κ1) is 10.0. The summed E-state index contributed by atoms with van der Waals surface area (Å²) in [5.74, 6) is 0.243. The van der Waals surface area contributed by atoms with E-state index in [9.17, 15) is 4.79 Å². The Morgan fingerprint density at radius 1 is 1.14 bits per heavy atom. The minimum absolute atomic E-state index is 0.00213. The molecule has 1 aliphatic heterocycles. The van der Waals surface area contributed by atoms with Gasteiger partial charge in [-0.3, -0.25) is 4.79 Å². The molecule has 2 rings (SSSR count). The molecule has 1 unspecified atom stereocenters. The predicted molar refractivity (Wildman–Crippen MR) is 56.9 cm³/mol. The molecule has 2 aliphatic rings. The standard InChI is InChI=1S/C12H21NO/c1-10(2)5-6-12(8-10)7-9(14)13-11(12,3)4/h5-8H2,1-4H3,(H,13,14). The second-order valence-corrected chi connectivity index (χ2v) is 6.47. The van der Waals surface area contributed by atoms with Crippen LogP contribution >= 0.6 is 0 Å². The fraction of sp³-hybridized carbons (Fsp3) is 0.917. The second-order valence-electron chi connectivity index (χ2n) is 6.47. The normalized spacial score (nSPS) is 39.0. The van der Waals surface area contributed by atoms with Crippen LogP contribution in [0.1, 0.15) is 53.4 Å². The van der Waals surface area contributed by atoms with Crippen molar-refractivity contribution >= 4 is 5.91 Å². The summed E-state index contributed by atoms with van der Waals surface area (Å²) in [4.78, 5) is 11.5. The number of carbonyl (C=O) groups excluding carboxylic acids is 1. The molecule has 0 aromatic heterocycles. The van der Waals surface area contributed by atoms with Gasteiger partial charge in [0, 0.05) is 17.4 Å². The number of hydrogen-bond donors (Lipinski definition) is 1. The zero-order valence-corrected chi connectivity index (χ0v) is 9.74. The van der Waals surface area contributed by atoms with Crippen molar-refractivity contribution in [3.05, 3.63) is 0 Å². The summed E-state index contributed by atoms with van der Waals surface area (Å²) in [7, 11) is 0. The van der Waals surface area contributed by atoms with Gasteiger partial charge in [-0.15, -0.1) is 0 Å². The molecule has 1 saturated carbocycles. The smallest absolute Gasteiger partial charge is 0.221 e. The Morgan fingerprint density at radius 3 is 2.14 bits per heavy atom. The lowest BCUT2D eigenvalue weighted by Crippen LogP contribution is -2.46. The highest BCUT2D eigenvalue weighted by Gasteiger charge is 2.57. The highest BCUT2D eigenvalue weighted by molar-refractivity contribution is 5.81. The van der Waals surface area contributed by atoms with Gasteiger partial charge in [0.1, 0.15) is 0 Å². The summed E-state index contributed by atoms with van der Waals surface area (Å²) in [6, 6.07) is 0. The Labute approximate surface area is 86.5 Å². The quantitative estimate of drug-likeness (QED) is 0.632. The summed E-state index contributed by atoms with van der Waals surface area (Å²) < 4.78 is 0. The fourth-order valence-corrected chi connectivity index (χ4v) is 3.41. The van der Waals surface area contributed by atoms with Crippen LogP contribution in [0.4, 0.5) is 0 Å². The molecule has 80 valence electrons. The number of rotatable bonds is 0. The van der Waals surface area contributed by atoms with Crippen LogP contribution in [0.3, 0.4) is 0 Å². The van der Waals surface area contributed by atoms with Crippen LogP contribution in [0.15, 0.2) is 0 Å². The maximum absolute atomic E-state index is 11.5. The molecule has 1 aliphatic carbocycles. The van der Waals surface area contributed by atoms with Crippen LogP contribution < -0.4 is 5.32 Å². The molecule has 0 aromatic carbocycles. The summed E-state index contributed by atoms with van der Waals surface area (Å²) in [5, 5.41) is 3.12. The highest BCUT2D eigenvalue weighted by Crippen LogP contribution is 2.58. The predicted octanol–water partition coefficient (Wildman–Crippen LogP) is 2.48. The molecule has 1 amide bonds. The van der Waals surface area contributed by atoms with E-state index in [0.29, 0.717) is 5.41 Å². The Bertz CT molecular complexity index is 280. The molecule has 0 bridgehead atoms. The van der Waals surface area contributed by atoms with Crippen molar-refractivity contribution in [2.45, 2.75) is 58.9 Å². The van der Waals surface area contributed by atoms with Crippen molar-refractivity contribution in [2.75, 3.05) is 0 Å². The molecular formula is C12H21NO. The zero-order chi connectivity index (χ0) is 10.6. The van der Waals surface area contributed by atoms with Gasteiger partial charge in [0.25, 0.3) is 0 Å². The maximum atomic E-state index is 11.5. The minimum Gasteiger partial charge on any atom is -0.351 e. The lowest BCUT2D eigenvalue weighted by atomic mass is 9.69. The molecule has 2 nitrogen and oxygen atoms in total. The third-order valence-corrected chi connectivity index (χ3v) is 4.37. The van der Waals surface area contributed by atoms with Crippen molar-refractivity contribution in [1.29, 1.82) is 0 Å². The highest BCUT2D eigenvalue weighted by atomic mass is 16.2. The second kappa shape index (κ2) is 2.53. The zero-order valence-electron chi connectivity index (χ0n) is 9.74. The first-order valence-electron chi connectivity index (χ1n) is 5.58. The van der Waals surface area contributed by atoms with Gasteiger partial charge in [-0.25, -0.2) is 0 Å². The van der Waals surface area contributed by atoms with Gasteiger partial charge in [0.05, 0.1) is 0 Å². The van der Waals surface area contributed by atoms with Crippen molar-refractivity contribution in [3.63, 3.8) is 0 Å². The first-order chi connectivity index (χ1) is 6.27. The molecule has 1 atom stereocenters. The largest absolute Gasteiger partial charge is 0.351 e. The van der Waals surface area contributed by atoms with Crippen LogP contribution in [0.2, 0.25) is 0 Å². The number of nitrogens with one attached hydrogen (secondary N) is 1. The SMILES string of the molecule is CC1(C)CCC2(CC(=O)NC2(C)C)C1. The van der Waals surface area contributed by atoms with Crippen LogP contribution in [0.25, 0.3) is 0 Å². The van der Waals surface area contributed by atoms with E-state index in [2.05, 4.69) is 33.0 Å². The molecule has 1 saturated heterocycles. The first-order valence-corrected chi connectivity index (χ1v) is 5.58. The topological polar surface area (TPSA) is 29.1 Å². The molecule has 0 radical (unpaired) electrons. The van der Waals surface area contributed by atoms with E-state index in [1.54, 1.807) is 0 Å². The summed E-state index contributed by atoms with van der Waals surface area (Å²) in [6.45, 7) is 9.00. The van der Waals surface area contributed by atoms with E-state index in [0.717, 1.165) is 6.42 Å². The van der Waals surface area contributed by atoms with Gasteiger partial charge in [-0.2, -0.15) is 0 Å². The molecule has 14 heavy (non-hydrogen) atoms. The Hall–Kier alpha value is -0.530. The van der Waals surface area contributed by atoms with Crippen molar-refractivity contribution in [3.8, 4) is 0 Å². The number of amides is 1. The molecule has 0 aromatic rings. The average molecular weight is 195 g/mol. The Morgan fingerprint density at radius 2 is 1.79 bits per heavy atom. The lowest BCUT2D eigenvalue weighted by molar-refractivity contribution is -0.119. The van der Waals surface area contributed by atoms with E-state index in [1.807, 2.05) is 0 Å². The van der Waals surface area contributed by atoms with E-state index in [4.69, 9.17) is 0 Å². The third-order valence-electron chi connectivity index (χ3n) is 4.37. The van der Waals surface area contributed by atoms with Gasteiger partial charge >= 0.3 is 0 Å². The van der Waals surface area contributed by atoms with Gasteiger partial charge < -0.3 is 5.32 Å². The maximum Gasteiger partial charge on any atom is 0.221 e. The van der Waals surface area contributed by atoms with Gasteiger partial charge in [-0.05, 0) is 38.5 Å². The van der Waals surface area contributed by atoms with Crippen LogP contribution in [0.5, 0.6) is 0 Å². The summed E-state index contributed by atoms with van der Waals surface area (Å²) in [5.41, 5.74) is 0.648. The van der Waals surface area contributed by atoms with E-state index >= 15 is 0 Å². The molecule has 1 spiro atoms.